The van der Waals surface area contributed by atoms with Gasteiger partial charge in [-0.3, -0.25) is 4.40 Å². The molecule has 0 spiro atoms. The number of hydrogen-bond donors (Lipinski definition) is 1. The van der Waals surface area contributed by atoms with Gasteiger partial charge in [0.25, 0.3) is 10.0 Å². The highest BCUT2D eigenvalue weighted by Gasteiger charge is 2.32. The van der Waals surface area contributed by atoms with E-state index in [0.29, 0.717) is 23.9 Å². The van der Waals surface area contributed by atoms with Gasteiger partial charge in [-0.25, -0.2) is 13.4 Å². The number of methoxy groups -OCH3 is 1. The first kappa shape index (κ1) is 16.2. The average Bonchev–Trinajstić information content (AvgIpc) is 2.98. The predicted molar refractivity (Wildman–Crippen MR) is 83.5 cm³/mol. The Balaban J connectivity index is 2.52. The van der Waals surface area contributed by atoms with Crippen LogP contribution in [0, 0.1) is 0 Å². The Hall–Kier alpha value is -1.16. The lowest BCUT2D eigenvalue weighted by molar-refractivity contribution is 0.149. The normalized spacial score (nSPS) is 14.0. The number of nitrogens with zero attached hydrogens (tertiary/aromatic N) is 3. The minimum absolute atomic E-state index is 0.172. The highest BCUT2D eigenvalue weighted by Crippen LogP contribution is 2.28. The number of nitrogens with one attached hydrogen (secondary N) is 1. The second kappa shape index (κ2) is 6.30. The van der Waals surface area contributed by atoms with Crippen LogP contribution in [0.25, 0.3) is 4.96 Å². The molecule has 2 rings (SSSR count). The summed E-state index contributed by atoms with van der Waals surface area (Å²) in [4.78, 5) is 5.00. The molecular formula is C12H20N4O3S2. The minimum atomic E-state index is -3.67. The van der Waals surface area contributed by atoms with E-state index in [9.17, 15) is 8.42 Å². The molecule has 2 heterocycles. The van der Waals surface area contributed by atoms with Crippen molar-refractivity contribution in [1.29, 1.82) is 0 Å². The number of hydrogen-bond acceptors (Lipinski definition) is 6. The smallest absolute Gasteiger partial charge is 0.262 e. The molecule has 0 aliphatic rings. The number of ether oxygens (including phenoxy) is 1. The third kappa shape index (κ3) is 2.91. The molecule has 118 valence electrons. The van der Waals surface area contributed by atoms with Crippen molar-refractivity contribution in [1.82, 2.24) is 13.7 Å². The van der Waals surface area contributed by atoms with Crippen LogP contribution in [0.15, 0.2) is 16.6 Å². The van der Waals surface area contributed by atoms with Gasteiger partial charge in [0.2, 0.25) is 0 Å². The van der Waals surface area contributed by atoms with Crippen molar-refractivity contribution in [3.8, 4) is 0 Å². The van der Waals surface area contributed by atoms with Crippen LogP contribution in [0.3, 0.4) is 0 Å². The van der Waals surface area contributed by atoms with Gasteiger partial charge >= 0.3 is 0 Å². The molecule has 0 aliphatic carbocycles. The molecule has 0 aromatic carbocycles. The van der Waals surface area contributed by atoms with Crippen molar-refractivity contribution >= 4 is 32.1 Å². The van der Waals surface area contributed by atoms with Gasteiger partial charge in [0.05, 0.1) is 6.61 Å². The lowest BCUT2D eigenvalue weighted by atomic mass is 10.4. The maximum atomic E-state index is 12.9. The lowest BCUT2D eigenvalue weighted by Crippen LogP contribution is -2.38. The quantitative estimate of drug-likeness (QED) is 0.831. The van der Waals surface area contributed by atoms with E-state index < -0.39 is 10.0 Å². The zero-order valence-electron chi connectivity index (χ0n) is 12.5. The topological polar surface area (TPSA) is 75.9 Å². The number of imidazole rings is 1. The van der Waals surface area contributed by atoms with Crippen molar-refractivity contribution in [2.75, 3.05) is 32.6 Å². The molecule has 2 aromatic heterocycles. The van der Waals surface area contributed by atoms with Gasteiger partial charge in [-0.05, 0) is 13.8 Å². The molecule has 0 fully saturated rings. The van der Waals surface area contributed by atoms with Gasteiger partial charge in [0, 0.05) is 38.3 Å². The Kier molecular flexibility index (Phi) is 4.87. The maximum absolute atomic E-state index is 12.9. The van der Waals surface area contributed by atoms with E-state index >= 15 is 0 Å². The summed E-state index contributed by atoms with van der Waals surface area (Å²) in [7, 11) is -0.560. The number of aromatic nitrogens is 2. The molecule has 0 radical (unpaired) electrons. The Morgan fingerprint density at radius 1 is 1.57 bits per heavy atom. The van der Waals surface area contributed by atoms with Gasteiger partial charge < -0.3 is 10.1 Å². The van der Waals surface area contributed by atoms with Gasteiger partial charge in [0.1, 0.15) is 0 Å². The van der Waals surface area contributed by atoms with Crippen LogP contribution >= 0.6 is 11.3 Å². The standard InChI is InChI=1S/C12H20N4O3S2/c1-5-13-10-11(16-6-7-20-12(16)14-10)21(17,18)15(3)9(2)8-19-4/h6-7,9,13H,5,8H2,1-4H3. The minimum Gasteiger partial charge on any atom is -0.383 e. The maximum Gasteiger partial charge on any atom is 0.262 e. The first-order valence-corrected chi connectivity index (χ1v) is 8.91. The number of anilines is 1. The fourth-order valence-electron chi connectivity index (χ4n) is 2.01. The number of rotatable bonds is 7. The third-order valence-electron chi connectivity index (χ3n) is 3.21. The first-order chi connectivity index (χ1) is 9.93. The van der Waals surface area contributed by atoms with Gasteiger partial charge in [0.15, 0.2) is 15.8 Å². The highest BCUT2D eigenvalue weighted by atomic mass is 32.2. The molecule has 2 aromatic rings. The molecule has 1 unspecified atom stereocenters. The van der Waals surface area contributed by atoms with Crippen molar-refractivity contribution in [3.63, 3.8) is 0 Å². The summed E-state index contributed by atoms with van der Waals surface area (Å²) < 4.78 is 33.8. The van der Waals surface area contributed by atoms with Crippen molar-refractivity contribution in [2.24, 2.45) is 0 Å². The molecule has 1 atom stereocenters. The number of likely N-dealkylation sites (N-methyl/N-ethyl adjacent to an activating group) is 1. The van der Waals surface area contributed by atoms with Crippen LogP contribution in [0.4, 0.5) is 5.82 Å². The summed E-state index contributed by atoms with van der Waals surface area (Å²) in [6.07, 6.45) is 1.72. The fourth-order valence-corrected chi connectivity index (χ4v) is 4.35. The van der Waals surface area contributed by atoms with Crippen molar-refractivity contribution in [2.45, 2.75) is 24.9 Å². The summed E-state index contributed by atoms with van der Waals surface area (Å²) in [5.41, 5.74) is 0. The highest BCUT2D eigenvalue weighted by molar-refractivity contribution is 7.89. The zero-order valence-corrected chi connectivity index (χ0v) is 14.2. The molecule has 1 N–H and O–H groups in total. The average molecular weight is 332 g/mol. The molecule has 0 bridgehead atoms. The predicted octanol–water partition coefficient (Wildman–Crippen LogP) is 1.48. The Labute approximate surface area is 128 Å². The monoisotopic (exact) mass is 332 g/mol. The van der Waals surface area contributed by atoms with Crippen LogP contribution in [0.2, 0.25) is 0 Å². The molecule has 0 saturated heterocycles. The molecule has 0 aliphatic heterocycles. The number of sulfonamides is 1. The largest absolute Gasteiger partial charge is 0.383 e. The van der Waals surface area contributed by atoms with Crippen LogP contribution < -0.4 is 5.32 Å². The first-order valence-electron chi connectivity index (χ1n) is 6.59. The van der Waals surface area contributed by atoms with Gasteiger partial charge in [-0.1, -0.05) is 0 Å². The molecule has 7 nitrogen and oxygen atoms in total. The number of fused-ring (bicyclic) bond motifs is 1. The summed E-state index contributed by atoms with van der Waals surface area (Å²) in [6, 6.07) is -0.265. The molecule has 21 heavy (non-hydrogen) atoms. The van der Waals surface area contributed by atoms with Gasteiger partial charge in [-0.15, -0.1) is 11.3 Å². The van der Waals surface area contributed by atoms with Crippen LogP contribution in [-0.2, 0) is 14.8 Å². The van der Waals surface area contributed by atoms with E-state index in [4.69, 9.17) is 4.74 Å². The molecule has 0 saturated carbocycles. The third-order valence-corrected chi connectivity index (χ3v) is 5.97. The zero-order chi connectivity index (χ0) is 15.6. The van der Waals surface area contributed by atoms with Gasteiger partial charge in [-0.2, -0.15) is 4.31 Å². The molecular weight excluding hydrogens is 312 g/mol. The summed E-state index contributed by atoms with van der Waals surface area (Å²) >= 11 is 1.40. The van der Waals surface area contributed by atoms with E-state index in [1.165, 1.54) is 15.6 Å². The summed E-state index contributed by atoms with van der Waals surface area (Å²) in [5.74, 6) is 0.390. The van der Waals surface area contributed by atoms with Crippen LogP contribution in [0.5, 0.6) is 0 Å². The molecule has 9 heteroatoms. The van der Waals surface area contributed by atoms with Crippen molar-refractivity contribution in [3.05, 3.63) is 11.6 Å². The Morgan fingerprint density at radius 3 is 2.90 bits per heavy atom. The summed E-state index contributed by atoms with van der Waals surface area (Å²) in [5, 5.41) is 5.01. The van der Waals surface area contributed by atoms with Crippen LogP contribution in [0.1, 0.15) is 13.8 Å². The van der Waals surface area contributed by atoms with E-state index in [-0.39, 0.29) is 11.1 Å². The van der Waals surface area contributed by atoms with Crippen LogP contribution in [-0.4, -0.2) is 55.5 Å². The lowest BCUT2D eigenvalue weighted by Gasteiger charge is -2.23. The SMILES string of the molecule is CCNc1nc2sccn2c1S(=O)(=O)N(C)C(C)COC. The van der Waals surface area contributed by atoms with Crippen molar-refractivity contribution < 1.29 is 13.2 Å². The molecule has 0 amide bonds. The Bertz CT molecular complexity index is 707. The summed E-state index contributed by atoms with van der Waals surface area (Å²) in [6.45, 7) is 4.64. The fraction of sp³-hybridized carbons (Fsp3) is 0.583. The van der Waals surface area contributed by atoms with E-state index in [2.05, 4.69) is 10.3 Å². The second-order valence-electron chi connectivity index (χ2n) is 4.68. The Morgan fingerprint density at radius 2 is 2.29 bits per heavy atom. The van der Waals surface area contributed by atoms with E-state index in [0.717, 1.165) is 0 Å². The van der Waals surface area contributed by atoms with E-state index in [1.54, 1.807) is 31.7 Å². The number of thiazole rings is 1. The van der Waals surface area contributed by atoms with E-state index in [1.807, 2.05) is 12.3 Å². The second-order valence-corrected chi connectivity index (χ2v) is 7.46.